The molecule has 5 heteroatoms. The Kier molecular flexibility index (Phi) is 3.43. The SMILES string of the molecule is Cn1nc(-c2ccccc2)cc1CCN=[N+]=[N-]. The van der Waals surface area contributed by atoms with E-state index < -0.39 is 0 Å². The van der Waals surface area contributed by atoms with Crippen molar-refractivity contribution < 1.29 is 0 Å². The Labute approximate surface area is 99.3 Å². The molecule has 17 heavy (non-hydrogen) atoms. The molecule has 0 N–H and O–H groups in total. The minimum atomic E-state index is 0.463. The molecule has 0 aliphatic rings. The van der Waals surface area contributed by atoms with Gasteiger partial charge < -0.3 is 0 Å². The number of rotatable bonds is 4. The molecule has 5 nitrogen and oxygen atoms in total. The summed E-state index contributed by atoms with van der Waals surface area (Å²) < 4.78 is 1.83. The second-order valence-electron chi connectivity index (χ2n) is 3.72. The molecule has 86 valence electrons. The molecule has 0 saturated carbocycles. The van der Waals surface area contributed by atoms with Crippen LogP contribution in [0.3, 0.4) is 0 Å². The first-order chi connectivity index (χ1) is 8.31. The maximum absolute atomic E-state index is 8.23. The quantitative estimate of drug-likeness (QED) is 0.450. The van der Waals surface area contributed by atoms with Crippen LogP contribution in [0.25, 0.3) is 21.7 Å². The fraction of sp³-hybridized carbons (Fsp3) is 0.250. The van der Waals surface area contributed by atoms with Gasteiger partial charge in [-0.25, -0.2) is 0 Å². The van der Waals surface area contributed by atoms with Gasteiger partial charge in [0.25, 0.3) is 0 Å². The van der Waals surface area contributed by atoms with Crippen LogP contribution in [0.2, 0.25) is 0 Å². The highest BCUT2D eigenvalue weighted by molar-refractivity contribution is 5.59. The normalized spacial score (nSPS) is 9.94. The van der Waals surface area contributed by atoms with Crippen LogP contribution in [0.5, 0.6) is 0 Å². The fourth-order valence-corrected chi connectivity index (χ4v) is 1.70. The zero-order valence-electron chi connectivity index (χ0n) is 9.61. The molecule has 0 aliphatic carbocycles. The summed E-state index contributed by atoms with van der Waals surface area (Å²) in [6.07, 6.45) is 0.709. The molecule has 0 atom stereocenters. The van der Waals surface area contributed by atoms with Crippen molar-refractivity contribution in [3.8, 4) is 11.3 Å². The van der Waals surface area contributed by atoms with Gasteiger partial charge in [-0.2, -0.15) is 5.10 Å². The van der Waals surface area contributed by atoms with Crippen LogP contribution < -0.4 is 0 Å². The molecular formula is C12H13N5. The molecule has 0 unspecified atom stereocenters. The van der Waals surface area contributed by atoms with E-state index in [0.717, 1.165) is 17.0 Å². The molecule has 2 rings (SSSR count). The number of azide groups is 1. The lowest BCUT2D eigenvalue weighted by atomic mass is 10.1. The maximum Gasteiger partial charge on any atom is 0.0925 e. The van der Waals surface area contributed by atoms with Crippen LogP contribution in [-0.2, 0) is 13.5 Å². The van der Waals surface area contributed by atoms with E-state index in [9.17, 15) is 0 Å². The molecule has 1 aromatic heterocycles. The highest BCUT2D eigenvalue weighted by atomic mass is 15.3. The molecule has 0 saturated heterocycles. The van der Waals surface area contributed by atoms with E-state index in [4.69, 9.17) is 5.53 Å². The summed E-state index contributed by atoms with van der Waals surface area (Å²) in [7, 11) is 1.90. The van der Waals surface area contributed by atoms with Gasteiger partial charge in [0, 0.05) is 29.8 Å². The van der Waals surface area contributed by atoms with Crippen LogP contribution in [-0.4, -0.2) is 16.3 Å². The standard InChI is InChI=1S/C12H13N5/c1-17-11(7-8-14-16-13)9-12(15-17)10-5-3-2-4-6-10/h2-6,9H,7-8H2,1H3. The number of aryl methyl sites for hydroxylation is 1. The first-order valence-corrected chi connectivity index (χ1v) is 5.40. The predicted octanol–water partition coefficient (Wildman–Crippen LogP) is 2.94. The van der Waals surface area contributed by atoms with Crippen LogP contribution >= 0.6 is 0 Å². The summed E-state index contributed by atoms with van der Waals surface area (Å²) in [5.74, 6) is 0. The molecular weight excluding hydrogens is 214 g/mol. The Morgan fingerprint density at radius 3 is 2.82 bits per heavy atom. The van der Waals surface area contributed by atoms with Crippen molar-refractivity contribution in [3.63, 3.8) is 0 Å². The van der Waals surface area contributed by atoms with Gasteiger partial charge in [-0.1, -0.05) is 35.4 Å². The summed E-state index contributed by atoms with van der Waals surface area (Å²) in [4.78, 5) is 2.74. The van der Waals surface area contributed by atoms with E-state index in [1.165, 1.54) is 0 Å². The van der Waals surface area contributed by atoms with Crippen LogP contribution in [0.15, 0.2) is 41.5 Å². The van der Waals surface area contributed by atoms with Crippen LogP contribution in [0.1, 0.15) is 5.69 Å². The molecule has 1 heterocycles. The van der Waals surface area contributed by atoms with Crippen molar-refractivity contribution in [1.82, 2.24) is 9.78 Å². The number of nitrogens with zero attached hydrogens (tertiary/aromatic N) is 5. The van der Waals surface area contributed by atoms with Crippen molar-refractivity contribution in [1.29, 1.82) is 0 Å². The van der Waals surface area contributed by atoms with Crippen molar-refractivity contribution >= 4 is 0 Å². The van der Waals surface area contributed by atoms with Crippen molar-refractivity contribution in [3.05, 3.63) is 52.5 Å². The molecule has 0 aliphatic heterocycles. The summed E-state index contributed by atoms with van der Waals surface area (Å²) in [6.45, 7) is 0.463. The minimum absolute atomic E-state index is 0.463. The van der Waals surface area contributed by atoms with E-state index >= 15 is 0 Å². The van der Waals surface area contributed by atoms with Gasteiger partial charge in [0.15, 0.2) is 0 Å². The van der Waals surface area contributed by atoms with E-state index in [1.54, 1.807) is 0 Å². The zero-order valence-corrected chi connectivity index (χ0v) is 9.61. The summed E-state index contributed by atoms with van der Waals surface area (Å²) in [5.41, 5.74) is 11.3. The highest BCUT2D eigenvalue weighted by Crippen LogP contribution is 2.18. The molecule has 0 bridgehead atoms. The Morgan fingerprint density at radius 2 is 2.12 bits per heavy atom. The average Bonchev–Trinajstić information content (AvgIpc) is 2.73. The molecule has 0 fully saturated rings. The van der Waals surface area contributed by atoms with Gasteiger partial charge >= 0.3 is 0 Å². The molecule has 0 radical (unpaired) electrons. The lowest BCUT2D eigenvalue weighted by molar-refractivity contribution is 0.708. The molecule has 0 amide bonds. The Balaban J connectivity index is 2.21. The van der Waals surface area contributed by atoms with E-state index in [0.29, 0.717) is 13.0 Å². The second kappa shape index (κ2) is 5.18. The lowest BCUT2D eigenvalue weighted by Gasteiger charge is -1.96. The lowest BCUT2D eigenvalue weighted by Crippen LogP contribution is -1.99. The van der Waals surface area contributed by atoms with E-state index in [1.807, 2.05) is 48.1 Å². The van der Waals surface area contributed by atoms with Gasteiger partial charge in [-0.15, -0.1) is 0 Å². The zero-order chi connectivity index (χ0) is 12.1. The molecule has 0 spiro atoms. The van der Waals surface area contributed by atoms with Gasteiger partial charge in [0.2, 0.25) is 0 Å². The highest BCUT2D eigenvalue weighted by Gasteiger charge is 2.05. The van der Waals surface area contributed by atoms with Crippen molar-refractivity contribution in [2.45, 2.75) is 6.42 Å². The Bertz CT molecular complexity index is 537. The Morgan fingerprint density at radius 1 is 1.35 bits per heavy atom. The first-order valence-electron chi connectivity index (χ1n) is 5.40. The first kappa shape index (κ1) is 11.2. The summed E-state index contributed by atoms with van der Waals surface area (Å²) in [6, 6.07) is 12.0. The minimum Gasteiger partial charge on any atom is -0.272 e. The summed E-state index contributed by atoms with van der Waals surface area (Å²) in [5, 5.41) is 7.97. The van der Waals surface area contributed by atoms with Crippen LogP contribution in [0.4, 0.5) is 0 Å². The number of benzene rings is 1. The van der Waals surface area contributed by atoms with Gasteiger partial charge in [0.1, 0.15) is 0 Å². The van der Waals surface area contributed by atoms with E-state index in [2.05, 4.69) is 15.1 Å². The number of aromatic nitrogens is 2. The third-order valence-electron chi connectivity index (χ3n) is 2.58. The largest absolute Gasteiger partial charge is 0.272 e. The average molecular weight is 227 g/mol. The topological polar surface area (TPSA) is 66.6 Å². The van der Waals surface area contributed by atoms with Crippen molar-refractivity contribution in [2.24, 2.45) is 12.2 Å². The molecule has 1 aromatic carbocycles. The van der Waals surface area contributed by atoms with E-state index in [-0.39, 0.29) is 0 Å². The smallest absolute Gasteiger partial charge is 0.0925 e. The van der Waals surface area contributed by atoms with Crippen LogP contribution in [0, 0.1) is 0 Å². The van der Waals surface area contributed by atoms with Crippen molar-refractivity contribution in [2.75, 3.05) is 6.54 Å². The summed E-state index contributed by atoms with van der Waals surface area (Å²) >= 11 is 0. The van der Waals surface area contributed by atoms with Gasteiger partial charge in [-0.3, -0.25) is 4.68 Å². The third kappa shape index (κ3) is 2.65. The molecule has 2 aromatic rings. The number of hydrogen-bond donors (Lipinski definition) is 0. The fourth-order valence-electron chi connectivity index (χ4n) is 1.70. The van der Waals surface area contributed by atoms with Gasteiger partial charge in [-0.05, 0) is 18.0 Å². The third-order valence-corrected chi connectivity index (χ3v) is 2.58. The number of hydrogen-bond acceptors (Lipinski definition) is 2. The predicted molar refractivity (Wildman–Crippen MR) is 66.4 cm³/mol. The second-order valence-corrected chi connectivity index (χ2v) is 3.72. The maximum atomic E-state index is 8.23. The van der Waals surface area contributed by atoms with Gasteiger partial charge in [0.05, 0.1) is 5.69 Å². The monoisotopic (exact) mass is 227 g/mol. The Hall–Kier alpha value is -2.26.